The molecule has 0 spiro atoms. The molecule has 3 N–H and O–H groups in total. The molecule has 14 heteroatoms. The van der Waals surface area contributed by atoms with Gasteiger partial charge in [0.05, 0.1) is 5.92 Å². The number of nitrogen functional groups attached to an aromatic ring is 1. The first-order valence-corrected chi connectivity index (χ1v) is 15.6. The summed E-state index contributed by atoms with van der Waals surface area (Å²) in [6, 6.07) is 3.82. The van der Waals surface area contributed by atoms with E-state index >= 15 is 0 Å². The first-order chi connectivity index (χ1) is 19.9. The summed E-state index contributed by atoms with van der Waals surface area (Å²) in [6.07, 6.45) is 3.08. The molecule has 0 saturated carbocycles. The minimum atomic E-state index is -1.01. The van der Waals surface area contributed by atoms with E-state index in [4.69, 9.17) is 20.2 Å². The van der Waals surface area contributed by atoms with E-state index in [0.717, 1.165) is 33.8 Å². The Hall–Kier alpha value is -3.26. The zero-order valence-corrected chi connectivity index (χ0v) is 26.6. The molecule has 0 radical (unpaired) electrons. The zero-order chi connectivity index (χ0) is 30.2. The summed E-state index contributed by atoms with van der Waals surface area (Å²) < 4.78 is 14.0. The molecule has 1 saturated heterocycles. The Bertz CT molecular complexity index is 1490. The molecule has 0 aliphatic carbocycles. The van der Waals surface area contributed by atoms with Crippen molar-refractivity contribution in [3.63, 3.8) is 0 Å². The topological polar surface area (TPSA) is 149 Å². The first kappa shape index (κ1) is 30.2. The third kappa shape index (κ3) is 6.38. The molecule has 2 aromatic heterocycles. The van der Waals surface area contributed by atoms with Crippen LogP contribution in [0.2, 0.25) is 0 Å². The molecule has 1 aromatic carbocycles. The van der Waals surface area contributed by atoms with Crippen LogP contribution in [0, 0.1) is 11.8 Å². The molecule has 2 aliphatic rings. The van der Waals surface area contributed by atoms with E-state index in [9.17, 15) is 14.7 Å². The number of ether oxygens (including phenoxy) is 2. The number of halogens is 1. The number of hydrogen-bond donors (Lipinski definition) is 2. The Balaban J connectivity index is 1.24. The van der Waals surface area contributed by atoms with Crippen LogP contribution in [-0.2, 0) is 11.3 Å². The van der Waals surface area contributed by atoms with Crippen molar-refractivity contribution in [3.05, 3.63) is 22.9 Å². The molecule has 5 rings (SSSR count). The second-order valence-corrected chi connectivity index (χ2v) is 13.6. The summed E-state index contributed by atoms with van der Waals surface area (Å²) in [5.74, 6) is 1.73. The number of carbonyl (C=O) groups is 2. The number of aryl methyl sites for hydroxylation is 1. The van der Waals surface area contributed by atoms with Crippen molar-refractivity contribution in [1.29, 1.82) is 0 Å². The number of carboxylic acid groups (broad SMARTS) is 1. The van der Waals surface area contributed by atoms with Crippen LogP contribution in [0.1, 0.15) is 47.0 Å². The molecule has 2 aliphatic heterocycles. The van der Waals surface area contributed by atoms with Crippen LogP contribution in [0.4, 0.5) is 10.6 Å². The third-order valence-electron chi connectivity index (χ3n) is 7.76. The quantitative estimate of drug-likeness (QED) is 0.334. The van der Waals surface area contributed by atoms with Gasteiger partial charge in [0.25, 0.3) is 0 Å². The average Bonchev–Trinajstić information content (AvgIpc) is 3.54. The molecule has 1 fully saturated rings. The fourth-order valence-corrected chi connectivity index (χ4v) is 6.85. The Morgan fingerprint density at radius 3 is 2.57 bits per heavy atom. The SMILES string of the molecule is C[C@@H](CN(C(=O)O)C(C)(C)C)C(=O)N1CCC(CCn2c(Sc3cc4c(cc3Br)OCO4)nc3c(N)ncnc32)CC1. The average molecular weight is 663 g/mol. The van der Waals surface area contributed by atoms with Crippen molar-refractivity contribution in [3.8, 4) is 11.5 Å². The number of anilines is 1. The first-order valence-electron chi connectivity index (χ1n) is 14.0. The van der Waals surface area contributed by atoms with Gasteiger partial charge in [-0.05, 0) is 74.0 Å². The van der Waals surface area contributed by atoms with Gasteiger partial charge >= 0.3 is 6.09 Å². The summed E-state index contributed by atoms with van der Waals surface area (Å²) in [5.41, 5.74) is 6.84. The van der Waals surface area contributed by atoms with Crippen LogP contribution >= 0.6 is 27.7 Å². The fourth-order valence-electron chi connectivity index (χ4n) is 5.34. The molecule has 3 aromatic rings. The molecule has 4 heterocycles. The minimum absolute atomic E-state index is 0.00437. The van der Waals surface area contributed by atoms with E-state index in [2.05, 4.69) is 30.5 Å². The van der Waals surface area contributed by atoms with Crippen LogP contribution < -0.4 is 15.2 Å². The van der Waals surface area contributed by atoms with E-state index in [0.29, 0.717) is 54.0 Å². The van der Waals surface area contributed by atoms with Gasteiger partial charge in [-0.2, -0.15) is 0 Å². The molecule has 12 nitrogen and oxygen atoms in total. The molecule has 0 bridgehead atoms. The number of amides is 2. The minimum Gasteiger partial charge on any atom is -0.465 e. The van der Waals surface area contributed by atoms with Crippen LogP contribution in [0.3, 0.4) is 0 Å². The Kier molecular flexibility index (Phi) is 8.74. The lowest BCUT2D eigenvalue weighted by molar-refractivity contribution is -0.137. The number of carbonyl (C=O) groups excluding carboxylic acids is 1. The second-order valence-electron chi connectivity index (χ2n) is 11.7. The van der Waals surface area contributed by atoms with Gasteiger partial charge in [-0.15, -0.1) is 0 Å². The van der Waals surface area contributed by atoms with E-state index in [-0.39, 0.29) is 19.2 Å². The van der Waals surface area contributed by atoms with Crippen molar-refractivity contribution in [2.45, 2.75) is 69.1 Å². The van der Waals surface area contributed by atoms with E-state index < -0.39 is 17.6 Å². The van der Waals surface area contributed by atoms with Gasteiger partial charge in [0.2, 0.25) is 12.7 Å². The lowest BCUT2D eigenvalue weighted by Gasteiger charge is -2.37. The van der Waals surface area contributed by atoms with Gasteiger partial charge in [-0.1, -0.05) is 18.7 Å². The fraction of sp³-hybridized carbons (Fsp3) is 0.536. The van der Waals surface area contributed by atoms with Crippen molar-refractivity contribution >= 4 is 56.7 Å². The van der Waals surface area contributed by atoms with Crippen LogP contribution in [0.5, 0.6) is 11.5 Å². The monoisotopic (exact) mass is 661 g/mol. The zero-order valence-electron chi connectivity index (χ0n) is 24.2. The second kappa shape index (κ2) is 12.2. The summed E-state index contributed by atoms with van der Waals surface area (Å²) in [7, 11) is 0. The summed E-state index contributed by atoms with van der Waals surface area (Å²) in [6.45, 7) is 9.70. The van der Waals surface area contributed by atoms with Gasteiger partial charge in [-0.3, -0.25) is 4.79 Å². The van der Waals surface area contributed by atoms with Gasteiger partial charge in [0.1, 0.15) is 6.33 Å². The molecule has 2 amide bonds. The van der Waals surface area contributed by atoms with E-state index in [1.54, 1.807) is 0 Å². The number of hydrogen-bond acceptors (Lipinski definition) is 9. The highest BCUT2D eigenvalue weighted by atomic mass is 79.9. The molecule has 0 unspecified atom stereocenters. The maximum atomic E-state index is 13.2. The number of rotatable bonds is 8. The van der Waals surface area contributed by atoms with Crippen LogP contribution in [0.25, 0.3) is 11.2 Å². The number of aromatic nitrogens is 4. The normalized spacial score (nSPS) is 16.2. The van der Waals surface area contributed by atoms with Gasteiger partial charge in [0, 0.05) is 41.1 Å². The predicted molar refractivity (Wildman–Crippen MR) is 162 cm³/mol. The predicted octanol–water partition coefficient (Wildman–Crippen LogP) is 5.09. The van der Waals surface area contributed by atoms with Crippen molar-refractivity contribution in [2.24, 2.45) is 11.8 Å². The van der Waals surface area contributed by atoms with Gasteiger partial charge in [-0.25, -0.2) is 19.7 Å². The van der Waals surface area contributed by atoms with Crippen molar-refractivity contribution < 1.29 is 24.2 Å². The van der Waals surface area contributed by atoms with Crippen LogP contribution in [0.15, 0.2) is 33.0 Å². The maximum Gasteiger partial charge on any atom is 0.407 e. The van der Waals surface area contributed by atoms with Crippen LogP contribution in [-0.4, -0.2) is 78.4 Å². The lowest BCUT2D eigenvalue weighted by Crippen LogP contribution is -2.50. The van der Waals surface area contributed by atoms with E-state index in [1.165, 1.54) is 23.0 Å². The highest BCUT2D eigenvalue weighted by Crippen LogP contribution is 2.43. The van der Waals surface area contributed by atoms with Gasteiger partial charge < -0.3 is 34.7 Å². The lowest BCUT2D eigenvalue weighted by atomic mass is 9.92. The maximum absolute atomic E-state index is 13.2. The Morgan fingerprint density at radius 1 is 1.21 bits per heavy atom. The standard InChI is InChI=1S/C28H36BrN7O5S/c1-16(13-36(27(38)39)28(2,3)4)25(37)34-8-5-17(6-9-34)7-10-35-24-22(23(30)31-14-32-24)33-26(35)42-21-12-20-19(11-18(21)29)40-15-41-20/h11-12,14,16-17H,5-10,13,15H2,1-4H3,(H,38,39)(H2,30,31,32)/t16-/m0/s1. The highest BCUT2D eigenvalue weighted by Gasteiger charge is 2.32. The Morgan fingerprint density at radius 2 is 1.90 bits per heavy atom. The smallest absolute Gasteiger partial charge is 0.407 e. The molecule has 226 valence electrons. The van der Waals surface area contributed by atoms with Gasteiger partial charge in [0.15, 0.2) is 33.6 Å². The van der Waals surface area contributed by atoms with E-state index in [1.807, 2.05) is 44.7 Å². The van der Waals surface area contributed by atoms with Crippen molar-refractivity contribution in [1.82, 2.24) is 29.3 Å². The molecular weight excluding hydrogens is 626 g/mol. The highest BCUT2D eigenvalue weighted by molar-refractivity contribution is 9.10. The summed E-state index contributed by atoms with van der Waals surface area (Å²) >= 11 is 5.13. The molecule has 42 heavy (non-hydrogen) atoms. The number of nitrogens with two attached hydrogens (primary N) is 1. The number of nitrogens with zero attached hydrogens (tertiary/aromatic N) is 6. The number of benzene rings is 1. The Labute approximate surface area is 257 Å². The number of piperidine rings is 1. The molecule has 1 atom stereocenters. The third-order valence-corrected chi connectivity index (χ3v) is 9.73. The number of imidazole rings is 1. The largest absolute Gasteiger partial charge is 0.465 e. The number of fused-ring (bicyclic) bond motifs is 2. The summed E-state index contributed by atoms with van der Waals surface area (Å²) in [4.78, 5) is 42.5. The number of likely N-dealkylation sites (tertiary alicyclic amines) is 1. The summed E-state index contributed by atoms with van der Waals surface area (Å²) in [5, 5.41) is 10.4. The van der Waals surface area contributed by atoms with Crippen molar-refractivity contribution in [2.75, 3.05) is 32.2 Å². The molecular formula is C28H36BrN7O5S.